The van der Waals surface area contributed by atoms with Gasteiger partial charge in [-0.05, 0) is 27.9 Å². The Balaban J connectivity index is 4.53. The van der Waals surface area contributed by atoms with Gasteiger partial charge in [0.1, 0.15) is 5.54 Å². The van der Waals surface area contributed by atoms with Crippen LogP contribution in [-0.2, 0) is 9.59 Å². The van der Waals surface area contributed by atoms with Gasteiger partial charge in [0, 0.05) is 7.05 Å². The van der Waals surface area contributed by atoms with Crippen molar-refractivity contribution in [2.45, 2.75) is 19.4 Å². The summed E-state index contributed by atoms with van der Waals surface area (Å²) >= 11 is 0. The molecule has 0 aliphatic carbocycles. The van der Waals surface area contributed by atoms with Gasteiger partial charge in [-0.15, -0.1) is 0 Å². The molecule has 0 atom stereocenters. The largest absolute Gasteiger partial charge is 0.480 e. The van der Waals surface area contributed by atoms with E-state index in [9.17, 15) is 9.59 Å². The summed E-state index contributed by atoms with van der Waals surface area (Å²) in [7, 11) is 5.03. The fourth-order valence-corrected chi connectivity index (χ4v) is 0.832. The van der Waals surface area contributed by atoms with Crippen LogP contribution < -0.4 is 0 Å². The predicted octanol–water partition coefficient (Wildman–Crippen LogP) is -0.130. The van der Waals surface area contributed by atoms with Crippen LogP contribution in [0.25, 0.3) is 0 Å². The summed E-state index contributed by atoms with van der Waals surface area (Å²) in [5.74, 6) is -1.21. The first-order valence-corrected chi connectivity index (χ1v) is 4.34. The van der Waals surface area contributed by atoms with Crippen molar-refractivity contribution >= 4 is 11.9 Å². The first-order chi connectivity index (χ1) is 6.19. The van der Waals surface area contributed by atoms with Gasteiger partial charge in [-0.25, -0.2) is 4.79 Å². The molecule has 0 aromatic rings. The molecular formula is C9H18N2O3. The molecule has 1 N–H and O–H groups in total. The van der Waals surface area contributed by atoms with Crippen molar-refractivity contribution in [2.75, 3.05) is 27.7 Å². The van der Waals surface area contributed by atoms with Crippen LogP contribution in [0.5, 0.6) is 0 Å². The van der Waals surface area contributed by atoms with Crippen LogP contribution in [0.1, 0.15) is 13.8 Å². The van der Waals surface area contributed by atoms with Gasteiger partial charge in [-0.1, -0.05) is 0 Å². The van der Waals surface area contributed by atoms with Crippen molar-refractivity contribution in [3.8, 4) is 0 Å². The highest BCUT2D eigenvalue weighted by molar-refractivity contribution is 5.87. The molecule has 14 heavy (non-hydrogen) atoms. The lowest BCUT2D eigenvalue weighted by molar-refractivity contribution is -0.155. The molecule has 1 amide bonds. The fraction of sp³-hybridized carbons (Fsp3) is 0.778. The summed E-state index contributed by atoms with van der Waals surface area (Å²) in [6.45, 7) is 3.22. The highest BCUT2D eigenvalue weighted by Gasteiger charge is 2.34. The maximum absolute atomic E-state index is 11.5. The Labute approximate surface area is 84.3 Å². The zero-order valence-corrected chi connectivity index (χ0v) is 9.37. The Kier molecular flexibility index (Phi) is 4.07. The molecule has 0 rings (SSSR count). The number of carboxylic acid groups (broad SMARTS) is 1. The first kappa shape index (κ1) is 12.9. The quantitative estimate of drug-likeness (QED) is 0.690. The average molecular weight is 202 g/mol. The Morgan fingerprint density at radius 3 is 1.93 bits per heavy atom. The van der Waals surface area contributed by atoms with E-state index in [1.807, 2.05) is 0 Å². The number of hydrogen-bond donors (Lipinski definition) is 1. The minimum absolute atomic E-state index is 0.206. The lowest BCUT2D eigenvalue weighted by atomic mass is 10.0. The molecule has 0 heterocycles. The van der Waals surface area contributed by atoms with E-state index in [1.165, 1.54) is 25.8 Å². The number of nitrogens with zero attached hydrogens (tertiary/aromatic N) is 2. The van der Waals surface area contributed by atoms with Crippen LogP contribution in [-0.4, -0.2) is 60.0 Å². The summed E-state index contributed by atoms with van der Waals surface area (Å²) in [6, 6.07) is 0. The first-order valence-electron chi connectivity index (χ1n) is 4.34. The molecule has 0 saturated carbocycles. The summed E-state index contributed by atoms with van der Waals surface area (Å²) < 4.78 is 0. The molecule has 0 aromatic carbocycles. The van der Waals surface area contributed by atoms with Crippen LogP contribution in [0.15, 0.2) is 0 Å². The van der Waals surface area contributed by atoms with E-state index >= 15 is 0 Å². The highest BCUT2D eigenvalue weighted by Crippen LogP contribution is 2.12. The number of amides is 1. The van der Waals surface area contributed by atoms with E-state index in [0.29, 0.717) is 0 Å². The number of carboxylic acids is 1. The second-order valence-corrected chi connectivity index (χ2v) is 4.05. The minimum Gasteiger partial charge on any atom is -0.480 e. The second-order valence-electron chi connectivity index (χ2n) is 4.05. The second kappa shape index (κ2) is 4.41. The Morgan fingerprint density at radius 1 is 1.21 bits per heavy atom. The van der Waals surface area contributed by atoms with E-state index < -0.39 is 11.5 Å². The Bertz CT molecular complexity index is 236. The van der Waals surface area contributed by atoms with Gasteiger partial charge in [0.15, 0.2) is 0 Å². The summed E-state index contributed by atoms with van der Waals surface area (Å²) in [5, 5.41) is 8.89. The van der Waals surface area contributed by atoms with Gasteiger partial charge in [0.2, 0.25) is 5.91 Å². The number of likely N-dealkylation sites (N-methyl/N-ethyl adjacent to an activating group) is 2. The van der Waals surface area contributed by atoms with Crippen LogP contribution in [0, 0.1) is 0 Å². The number of hydrogen-bond acceptors (Lipinski definition) is 3. The third-order valence-electron chi connectivity index (χ3n) is 2.19. The maximum Gasteiger partial charge on any atom is 0.329 e. The van der Waals surface area contributed by atoms with Crippen LogP contribution in [0.4, 0.5) is 0 Å². The molecule has 0 radical (unpaired) electrons. The van der Waals surface area contributed by atoms with Crippen molar-refractivity contribution in [2.24, 2.45) is 0 Å². The average Bonchev–Trinajstić information content (AvgIpc) is 2.01. The van der Waals surface area contributed by atoms with Gasteiger partial charge < -0.3 is 14.9 Å². The highest BCUT2D eigenvalue weighted by atomic mass is 16.4. The molecule has 0 aromatic heterocycles. The standard InChI is InChI=1S/C9H18N2O3/c1-9(2,8(13)14)11(5)7(12)6-10(3)4/h6H2,1-5H3,(H,13,14). The topological polar surface area (TPSA) is 60.9 Å². The zero-order chi connectivity index (χ0) is 11.5. The van der Waals surface area contributed by atoms with E-state index in [2.05, 4.69) is 0 Å². The van der Waals surface area contributed by atoms with Crippen LogP contribution in [0.3, 0.4) is 0 Å². The summed E-state index contributed by atoms with van der Waals surface area (Å²) in [6.07, 6.45) is 0. The van der Waals surface area contributed by atoms with Crippen molar-refractivity contribution in [1.29, 1.82) is 0 Å². The number of rotatable bonds is 4. The van der Waals surface area contributed by atoms with Crippen molar-refractivity contribution in [1.82, 2.24) is 9.80 Å². The van der Waals surface area contributed by atoms with E-state index in [0.717, 1.165) is 0 Å². The summed E-state index contributed by atoms with van der Waals surface area (Å²) in [5.41, 5.74) is -1.16. The molecule has 0 unspecified atom stereocenters. The molecular weight excluding hydrogens is 184 g/mol. The Hall–Kier alpha value is -1.10. The maximum atomic E-state index is 11.5. The molecule has 0 fully saturated rings. The molecule has 0 aliphatic heterocycles. The fourth-order valence-electron chi connectivity index (χ4n) is 0.832. The Morgan fingerprint density at radius 2 is 1.64 bits per heavy atom. The molecule has 0 bridgehead atoms. The lowest BCUT2D eigenvalue weighted by Crippen LogP contribution is -2.52. The van der Waals surface area contributed by atoms with E-state index in [-0.39, 0.29) is 12.5 Å². The SMILES string of the molecule is CN(C)CC(=O)N(C)C(C)(C)C(=O)O. The predicted molar refractivity (Wildman–Crippen MR) is 53.0 cm³/mol. The van der Waals surface area contributed by atoms with Gasteiger partial charge in [-0.2, -0.15) is 0 Å². The van der Waals surface area contributed by atoms with Gasteiger partial charge in [0.05, 0.1) is 6.54 Å². The van der Waals surface area contributed by atoms with Gasteiger partial charge >= 0.3 is 5.97 Å². The van der Waals surface area contributed by atoms with E-state index in [1.54, 1.807) is 19.0 Å². The lowest BCUT2D eigenvalue weighted by Gasteiger charge is -2.32. The van der Waals surface area contributed by atoms with Gasteiger partial charge in [0.25, 0.3) is 0 Å². The number of carbonyl (C=O) groups excluding carboxylic acids is 1. The van der Waals surface area contributed by atoms with Crippen molar-refractivity contribution in [3.05, 3.63) is 0 Å². The molecule has 5 heteroatoms. The van der Waals surface area contributed by atoms with Gasteiger partial charge in [-0.3, -0.25) is 4.79 Å². The summed E-state index contributed by atoms with van der Waals surface area (Å²) in [4.78, 5) is 25.3. The van der Waals surface area contributed by atoms with Crippen LogP contribution in [0.2, 0.25) is 0 Å². The minimum atomic E-state index is -1.16. The zero-order valence-electron chi connectivity index (χ0n) is 9.37. The van der Waals surface area contributed by atoms with E-state index in [4.69, 9.17) is 5.11 Å². The molecule has 82 valence electrons. The monoisotopic (exact) mass is 202 g/mol. The van der Waals surface area contributed by atoms with Crippen LogP contribution >= 0.6 is 0 Å². The third-order valence-corrected chi connectivity index (χ3v) is 2.19. The molecule has 0 aliphatic rings. The molecule has 5 nitrogen and oxygen atoms in total. The van der Waals surface area contributed by atoms with Crippen molar-refractivity contribution < 1.29 is 14.7 Å². The van der Waals surface area contributed by atoms with Crippen molar-refractivity contribution in [3.63, 3.8) is 0 Å². The molecule has 0 spiro atoms. The third kappa shape index (κ3) is 2.99. The normalized spacial score (nSPS) is 11.6. The smallest absolute Gasteiger partial charge is 0.329 e. The molecule has 0 saturated heterocycles. The number of carbonyl (C=O) groups is 2. The number of aliphatic carboxylic acids is 1.